The molecule has 0 atom stereocenters. The van der Waals surface area contributed by atoms with E-state index in [-0.39, 0.29) is 24.3 Å². The predicted molar refractivity (Wildman–Crippen MR) is 118 cm³/mol. The van der Waals surface area contributed by atoms with Crippen molar-refractivity contribution < 1.29 is 14.4 Å². The molecular weight excluding hydrogens is 378 g/mol. The summed E-state index contributed by atoms with van der Waals surface area (Å²) in [5.74, 6) is -0.500. The number of anilines is 2. The van der Waals surface area contributed by atoms with E-state index in [0.717, 1.165) is 16.5 Å². The van der Waals surface area contributed by atoms with Crippen LogP contribution in [0.2, 0.25) is 0 Å². The third-order valence-corrected chi connectivity index (χ3v) is 5.42. The van der Waals surface area contributed by atoms with Crippen LogP contribution in [0.4, 0.5) is 11.4 Å². The quantitative estimate of drug-likeness (QED) is 0.681. The Morgan fingerprint density at radius 1 is 0.933 bits per heavy atom. The normalized spacial score (nSPS) is 12.3. The predicted octanol–water partition coefficient (Wildman–Crippen LogP) is 3.92. The molecule has 1 heterocycles. The van der Waals surface area contributed by atoms with Crippen molar-refractivity contribution in [3.63, 3.8) is 0 Å². The van der Waals surface area contributed by atoms with Crippen LogP contribution in [0, 0.1) is 0 Å². The SMILES string of the molecule is CCN(CC)C(=O)c1ccc(NC(=O)CN2C(=O)c3cccc4cccc2c34)cc1. The Kier molecular flexibility index (Phi) is 5.23. The fourth-order valence-corrected chi connectivity index (χ4v) is 3.87. The number of carbonyl (C=O) groups excluding carboxylic acids is 3. The first-order chi connectivity index (χ1) is 14.5. The smallest absolute Gasteiger partial charge is 0.259 e. The maximum atomic E-state index is 12.8. The Bertz CT molecular complexity index is 1130. The van der Waals surface area contributed by atoms with Gasteiger partial charge in [0.15, 0.2) is 0 Å². The van der Waals surface area contributed by atoms with Crippen LogP contribution >= 0.6 is 0 Å². The Labute approximate surface area is 175 Å². The molecule has 0 spiro atoms. The molecule has 0 aromatic heterocycles. The van der Waals surface area contributed by atoms with Gasteiger partial charge in [0.2, 0.25) is 5.91 Å². The third-order valence-electron chi connectivity index (χ3n) is 5.42. The minimum Gasteiger partial charge on any atom is -0.339 e. The van der Waals surface area contributed by atoms with Crippen LogP contribution in [-0.2, 0) is 4.79 Å². The number of nitrogens with one attached hydrogen (secondary N) is 1. The van der Waals surface area contributed by atoms with E-state index in [2.05, 4.69) is 5.32 Å². The number of hydrogen-bond donors (Lipinski definition) is 1. The Hall–Kier alpha value is -3.67. The summed E-state index contributed by atoms with van der Waals surface area (Å²) in [6.45, 7) is 5.09. The lowest BCUT2D eigenvalue weighted by atomic mass is 10.1. The van der Waals surface area contributed by atoms with Crippen LogP contribution in [-0.4, -0.2) is 42.3 Å². The van der Waals surface area contributed by atoms with Gasteiger partial charge in [0.1, 0.15) is 6.54 Å². The first kappa shape index (κ1) is 19.6. The monoisotopic (exact) mass is 401 g/mol. The zero-order valence-electron chi connectivity index (χ0n) is 17.0. The number of amides is 3. The minimum absolute atomic E-state index is 0.0357. The second kappa shape index (κ2) is 7.99. The molecule has 3 aromatic rings. The van der Waals surface area contributed by atoms with Crippen molar-refractivity contribution in [3.05, 3.63) is 71.8 Å². The molecule has 3 aromatic carbocycles. The van der Waals surface area contributed by atoms with Crippen molar-refractivity contribution in [2.45, 2.75) is 13.8 Å². The van der Waals surface area contributed by atoms with Crippen molar-refractivity contribution in [1.82, 2.24) is 4.90 Å². The number of rotatable bonds is 6. The van der Waals surface area contributed by atoms with Gasteiger partial charge >= 0.3 is 0 Å². The second-order valence-electron chi connectivity index (χ2n) is 7.18. The van der Waals surface area contributed by atoms with Gasteiger partial charge in [0, 0.05) is 35.3 Å². The molecule has 6 nitrogen and oxygen atoms in total. The summed E-state index contributed by atoms with van der Waals surface area (Å²) in [5.41, 5.74) is 2.53. The van der Waals surface area contributed by atoms with Crippen LogP contribution in [0.3, 0.4) is 0 Å². The summed E-state index contributed by atoms with van der Waals surface area (Å²) in [6.07, 6.45) is 0. The van der Waals surface area contributed by atoms with E-state index in [9.17, 15) is 14.4 Å². The van der Waals surface area contributed by atoms with Crippen LogP contribution in [0.5, 0.6) is 0 Å². The Balaban J connectivity index is 1.47. The van der Waals surface area contributed by atoms with Gasteiger partial charge in [-0.3, -0.25) is 19.3 Å². The molecule has 3 amide bonds. The van der Waals surface area contributed by atoms with E-state index in [1.165, 1.54) is 4.90 Å². The number of hydrogen-bond acceptors (Lipinski definition) is 3. The molecule has 0 bridgehead atoms. The van der Waals surface area contributed by atoms with Crippen molar-refractivity contribution in [1.29, 1.82) is 0 Å². The lowest BCUT2D eigenvalue weighted by Gasteiger charge is -2.19. The first-order valence-electron chi connectivity index (χ1n) is 10.1. The summed E-state index contributed by atoms with van der Waals surface area (Å²) in [7, 11) is 0. The van der Waals surface area contributed by atoms with E-state index in [1.54, 1.807) is 35.2 Å². The van der Waals surface area contributed by atoms with E-state index in [4.69, 9.17) is 0 Å². The topological polar surface area (TPSA) is 69.7 Å². The van der Waals surface area contributed by atoms with Crippen molar-refractivity contribution in [3.8, 4) is 0 Å². The van der Waals surface area contributed by atoms with Crippen LogP contribution in [0.15, 0.2) is 60.7 Å². The average Bonchev–Trinajstić information content (AvgIpc) is 3.03. The molecule has 4 rings (SSSR count). The van der Waals surface area contributed by atoms with E-state index >= 15 is 0 Å². The molecule has 1 aliphatic rings. The molecular formula is C24H23N3O3. The van der Waals surface area contributed by atoms with Crippen LogP contribution in [0.1, 0.15) is 34.6 Å². The largest absolute Gasteiger partial charge is 0.339 e. The van der Waals surface area contributed by atoms with Gasteiger partial charge in [-0.25, -0.2) is 0 Å². The van der Waals surface area contributed by atoms with Gasteiger partial charge in [0.25, 0.3) is 11.8 Å². The molecule has 0 radical (unpaired) electrons. The van der Waals surface area contributed by atoms with Gasteiger partial charge in [-0.2, -0.15) is 0 Å². The fraction of sp³-hybridized carbons (Fsp3) is 0.208. The molecule has 30 heavy (non-hydrogen) atoms. The molecule has 1 aliphatic heterocycles. The number of benzene rings is 3. The molecule has 6 heteroatoms. The summed E-state index contributed by atoms with van der Waals surface area (Å²) in [6, 6.07) is 18.1. The van der Waals surface area contributed by atoms with Gasteiger partial charge in [-0.05, 0) is 55.6 Å². The molecule has 0 fully saturated rings. The second-order valence-corrected chi connectivity index (χ2v) is 7.18. The molecule has 1 N–H and O–H groups in total. The highest BCUT2D eigenvalue weighted by Crippen LogP contribution is 2.36. The standard InChI is InChI=1S/C24H23N3O3/c1-3-26(4-2)23(29)17-11-13-18(14-12-17)25-21(28)15-27-20-10-6-8-16-7-5-9-19(22(16)20)24(27)30/h5-14H,3-4,15H2,1-2H3,(H,25,28). The summed E-state index contributed by atoms with van der Waals surface area (Å²) < 4.78 is 0. The average molecular weight is 401 g/mol. The third kappa shape index (κ3) is 3.41. The summed E-state index contributed by atoms with van der Waals surface area (Å²) >= 11 is 0. The fourth-order valence-electron chi connectivity index (χ4n) is 3.87. The first-order valence-corrected chi connectivity index (χ1v) is 10.1. The lowest BCUT2D eigenvalue weighted by Crippen LogP contribution is -2.35. The molecule has 0 saturated carbocycles. The van der Waals surface area contributed by atoms with Gasteiger partial charge < -0.3 is 10.2 Å². The van der Waals surface area contributed by atoms with E-state index < -0.39 is 0 Å². The highest BCUT2D eigenvalue weighted by Gasteiger charge is 2.30. The molecule has 0 aliphatic carbocycles. The van der Waals surface area contributed by atoms with Crippen molar-refractivity contribution in [2.24, 2.45) is 0 Å². The van der Waals surface area contributed by atoms with Crippen molar-refractivity contribution in [2.75, 3.05) is 29.9 Å². The zero-order valence-corrected chi connectivity index (χ0v) is 17.0. The van der Waals surface area contributed by atoms with Gasteiger partial charge in [0.05, 0.1) is 5.69 Å². The van der Waals surface area contributed by atoms with E-state index in [0.29, 0.717) is 29.9 Å². The van der Waals surface area contributed by atoms with E-state index in [1.807, 2.05) is 44.2 Å². The highest BCUT2D eigenvalue weighted by molar-refractivity contribution is 6.26. The van der Waals surface area contributed by atoms with Crippen molar-refractivity contribution >= 4 is 39.9 Å². The highest BCUT2D eigenvalue weighted by atomic mass is 16.2. The van der Waals surface area contributed by atoms with Gasteiger partial charge in [-0.15, -0.1) is 0 Å². The maximum Gasteiger partial charge on any atom is 0.259 e. The lowest BCUT2D eigenvalue weighted by molar-refractivity contribution is -0.114. The molecule has 0 saturated heterocycles. The summed E-state index contributed by atoms with van der Waals surface area (Å²) in [5, 5.41) is 4.68. The minimum atomic E-state index is -0.295. The van der Waals surface area contributed by atoms with Crippen LogP contribution < -0.4 is 10.2 Å². The summed E-state index contributed by atoms with van der Waals surface area (Å²) in [4.78, 5) is 41.1. The maximum absolute atomic E-state index is 12.8. The van der Waals surface area contributed by atoms with Crippen LogP contribution in [0.25, 0.3) is 10.8 Å². The Morgan fingerprint density at radius 2 is 1.60 bits per heavy atom. The Morgan fingerprint density at radius 3 is 2.27 bits per heavy atom. The van der Waals surface area contributed by atoms with Gasteiger partial charge in [-0.1, -0.05) is 24.3 Å². The molecule has 152 valence electrons. The number of nitrogens with zero attached hydrogens (tertiary/aromatic N) is 2. The number of carbonyl (C=O) groups is 3. The molecule has 0 unspecified atom stereocenters. The zero-order chi connectivity index (χ0) is 21.3.